The normalized spacial score (nSPS) is 18.2. The number of piperidine rings is 1. The lowest BCUT2D eigenvalue weighted by Crippen LogP contribution is -2.40. The summed E-state index contributed by atoms with van der Waals surface area (Å²) in [5.41, 5.74) is 6.47. The Labute approximate surface area is 134 Å². The summed E-state index contributed by atoms with van der Waals surface area (Å²) in [7, 11) is 0. The summed E-state index contributed by atoms with van der Waals surface area (Å²) in [5.74, 6) is -0.389. The van der Waals surface area contributed by atoms with Crippen LogP contribution in [0.1, 0.15) is 40.1 Å². The molecule has 22 heavy (non-hydrogen) atoms. The first-order valence-electron chi connectivity index (χ1n) is 7.45. The number of thiazole rings is 1. The Morgan fingerprint density at radius 1 is 1.36 bits per heavy atom. The van der Waals surface area contributed by atoms with Crippen molar-refractivity contribution in [2.45, 2.75) is 31.7 Å². The SMILES string of the molecule is CC1(c2ncc(C(N)=O)s2)CCN(Cc2ccccn2)CC1. The standard InChI is InChI=1S/C16H20N4OS/c1-16(15-19-10-13(22-15)14(17)21)5-8-20(9-6-16)11-12-4-2-3-7-18-12/h2-4,7,10H,5-6,8-9,11H2,1H3,(H2,17,21). The van der Waals surface area contributed by atoms with Crippen LogP contribution >= 0.6 is 11.3 Å². The molecule has 1 aliphatic heterocycles. The highest BCUT2D eigenvalue weighted by Crippen LogP contribution is 2.37. The molecule has 3 rings (SSSR count). The summed E-state index contributed by atoms with van der Waals surface area (Å²) >= 11 is 1.44. The number of hydrogen-bond donors (Lipinski definition) is 1. The van der Waals surface area contributed by atoms with E-state index in [0.29, 0.717) is 4.88 Å². The second kappa shape index (κ2) is 6.14. The first kappa shape index (κ1) is 15.1. The van der Waals surface area contributed by atoms with E-state index in [2.05, 4.69) is 27.9 Å². The van der Waals surface area contributed by atoms with Gasteiger partial charge in [-0.2, -0.15) is 0 Å². The summed E-state index contributed by atoms with van der Waals surface area (Å²) in [6, 6.07) is 6.03. The number of pyridine rings is 1. The van der Waals surface area contributed by atoms with Gasteiger partial charge in [-0.25, -0.2) is 4.98 Å². The lowest BCUT2D eigenvalue weighted by atomic mass is 9.81. The third kappa shape index (κ3) is 3.18. The van der Waals surface area contributed by atoms with Crippen molar-refractivity contribution in [2.75, 3.05) is 13.1 Å². The third-order valence-corrected chi connectivity index (χ3v) is 5.65. The Bertz CT molecular complexity index is 647. The number of carbonyl (C=O) groups is 1. The molecule has 0 spiro atoms. The van der Waals surface area contributed by atoms with Gasteiger partial charge in [0, 0.05) is 18.2 Å². The topological polar surface area (TPSA) is 72.1 Å². The van der Waals surface area contributed by atoms with Crippen LogP contribution in [0, 0.1) is 0 Å². The summed E-state index contributed by atoms with van der Waals surface area (Å²) in [5, 5.41) is 1.03. The lowest BCUT2D eigenvalue weighted by Gasteiger charge is -2.38. The predicted molar refractivity (Wildman–Crippen MR) is 86.7 cm³/mol. The largest absolute Gasteiger partial charge is 0.365 e. The minimum Gasteiger partial charge on any atom is -0.365 e. The second-order valence-corrected chi connectivity index (χ2v) is 7.08. The van der Waals surface area contributed by atoms with Gasteiger partial charge in [-0.3, -0.25) is 14.7 Å². The lowest BCUT2D eigenvalue weighted by molar-refractivity contribution is 0.100. The summed E-state index contributed by atoms with van der Waals surface area (Å²) < 4.78 is 0. The molecular weight excluding hydrogens is 296 g/mol. The molecule has 1 saturated heterocycles. The molecule has 0 aromatic carbocycles. The van der Waals surface area contributed by atoms with Crippen molar-refractivity contribution in [3.8, 4) is 0 Å². The minimum atomic E-state index is -0.389. The maximum absolute atomic E-state index is 11.2. The van der Waals surface area contributed by atoms with E-state index in [4.69, 9.17) is 5.73 Å². The van der Waals surface area contributed by atoms with Gasteiger partial charge in [-0.05, 0) is 38.1 Å². The van der Waals surface area contributed by atoms with E-state index in [9.17, 15) is 4.79 Å². The maximum atomic E-state index is 11.2. The van der Waals surface area contributed by atoms with Crippen LogP contribution in [0.2, 0.25) is 0 Å². The van der Waals surface area contributed by atoms with E-state index in [-0.39, 0.29) is 11.3 Å². The molecule has 0 atom stereocenters. The van der Waals surface area contributed by atoms with Crippen molar-refractivity contribution in [3.05, 3.63) is 46.2 Å². The second-order valence-electron chi connectivity index (χ2n) is 6.05. The van der Waals surface area contributed by atoms with E-state index in [1.54, 1.807) is 6.20 Å². The zero-order valence-corrected chi connectivity index (χ0v) is 13.5. The van der Waals surface area contributed by atoms with Gasteiger partial charge >= 0.3 is 0 Å². The average Bonchev–Trinajstić information content (AvgIpc) is 3.02. The fraction of sp³-hybridized carbons (Fsp3) is 0.438. The van der Waals surface area contributed by atoms with Crippen LogP contribution in [-0.4, -0.2) is 33.9 Å². The quantitative estimate of drug-likeness (QED) is 0.938. The average molecular weight is 316 g/mol. The first-order chi connectivity index (χ1) is 10.6. The Hall–Kier alpha value is -1.79. The summed E-state index contributed by atoms with van der Waals surface area (Å²) in [4.78, 5) is 23.0. The Morgan fingerprint density at radius 2 is 2.14 bits per heavy atom. The zero-order chi connectivity index (χ0) is 15.6. The highest BCUT2D eigenvalue weighted by Gasteiger charge is 2.34. The van der Waals surface area contributed by atoms with Crippen LogP contribution in [0.15, 0.2) is 30.6 Å². The molecule has 6 heteroatoms. The molecule has 2 aromatic heterocycles. The molecule has 116 valence electrons. The van der Waals surface area contributed by atoms with Crippen molar-refractivity contribution in [3.63, 3.8) is 0 Å². The van der Waals surface area contributed by atoms with Crippen molar-refractivity contribution < 1.29 is 4.79 Å². The Balaban J connectivity index is 1.63. The number of aromatic nitrogens is 2. The number of amides is 1. The van der Waals surface area contributed by atoms with Crippen LogP contribution in [-0.2, 0) is 12.0 Å². The van der Waals surface area contributed by atoms with Crippen LogP contribution in [0.4, 0.5) is 0 Å². The molecule has 0 aliphatic carbocycles. The van der Waals surface area contributed by atoms with Crippen LogP contribution < -0.4 is 5.73 Å². The predicted octanol–water partition coefficient (Wildman–Crippen LogP) is 2.19. The first-order valence-corrected chi connectivity index (χ1v) is 8.27. The number of nitrogens with two attached hydrogens (primary N) is 1. The number of nitrogens with zero attached hydrogens (tertiary/aromatic N) is 3. The van der Waals surface area contributed by atoms with Gasteiger partial charge in [0.2, 0.25) is 0 Å². The number of rotatable bonds is 4. The molecule has 1 fully saturated rings. The maximum Gasteiger partial charge on any atom is 0.260 e. The summed E-state index contributed by atoms with van der Waals surface area (Å²) in [6.45, 7) is 5.15. The van der Waals surface area contributed by atoms with Gasteiger partial charge in [-0.15, -0.1) is 11.3 Å². The van der Waals surface area contributed by atoms with E-state index in [0.717, 1.165) is 43.2 Å². The molecule has 1 amide bonds. The van der Waals surface area contributed by atoms with Crippen molar-refractivity contribution in [1.82, 2.24) is 14.9 Å². The minimum absolute atomic E-state index is 0.0407. The highest BCUT2D eigenvalue weighted by molar-refractivity contribution is 7.13. The van der Waals surface area contributed by atoms with Gasteiger partial charge in [0.15, 0.2) is 0 Å². The van der Waals surface area contributed by atoms with Crippen molar-refractivity contribution >= 4 is 17.2 Å². The number of hydrogen-bond acceptors (Lipinski definition) is 5. The summed E-state index contributed by atoms with van der Waals surface area (Å²) in [6.07, 6.45) is 5.51. The Morgan fingerprint density at radius 3 is 2.73 bits per heavy atom. The highest BCUT2D eigenvalue weighted by atomic mass is 32.1. The molecule has 0 saturated carbocycles. The molecule has 3 heterocycles. The van der Waals surface area contributed by atoms with Gasteiger partial charge in [0.05, 0.1) is 16.9 Å². The van der Waals surface area contributed by atoms with E-state index >= 15 is 0 Å². The molecule has 1 aliphatic rings. The molecule has 0 bridgehead atoms. The van der Waals surface area contributed by atoms with Crippen LogP contribution in [0.25, 0.3) is 0 Å². The van der Waals surface area contributed by atoms with E-state index in [1.807, 2.05) is 18.3 Å². The number of likely N-dealkylation sites (tertiary alicyclic amines) is 1. The fourth-order valence-corrected chi connectivity index (χ4v) is 3.78. The number of carbonyl (C=O) groups excluding carboxylic acids is 1. The van der Waals surface area contributed by atoms with Crippen molar-refractivity contribution in [2.24, 2.45) is 5.73 Å². The molecule has 0 radical (unpaired) electrons. The van der Waals surface area contributed by atoms with E-state index < -0.39 is 0 Å². The molecule has 2 aromatic rings. The van der Waals surface area contributed by atoms with Gasteiger partial charge < -0.3 is 5.73 Å². The van der Waals surface area contributed by atoms with Crippen LogP contribution in [0.5, 0.6) is 0 Å². The molecule has 0 unspecified atom stereocenters. The van der Waals surface area contributed by atoms with Gasteiger partial charge in [0.1, 0.15) is 4.88 Å². The Kier molecular flexibility index (Phi) is 4.22. The van der Waals surface area contributed by atoms with Crippen LogP contribution in [0.3, 0.4) is 0 Å². The molecule has 5 nitrogen and oxygen atoms in total. The smallest absolute Gasteiger partial charge is 0.260 e. The van der Waals surface area contributed by atoms with Gasteiger partial charge in [0.25, 0.3) is 5.91 Å². The van der Waals surface area contributed by atoms with Crippen molar-refractivity contribution in [1.29, 1.82) is 0 Å². The van der Waals surface area contributed by atoms with Gasteiger partial charge in [-0.1, -0.05) is 13.0 Å². The monoisotopic (exact) mass is 316 g/mol. The molecule has 2 N–H and O–H groups in total. The number of primary amides is 1. The molecular formula is C16H20N4OS. The van der Waals surface area contributed by atoms with E-state index in [1.165, 1.54) is 11.3 Å². The fourth-order valence-electron chi connectivity index (χ4n) is 2.81. The third-order valence-electron chi connectivity index (χ3n) is 4.34. The zero-order valence-electron chi connectivity index (χ0n) is 12.7.